The number of amides is 1. The lowest BCUT2D eigenvalue weighted by atomic mass is 9.82. The molecule has 0 spiro atoms. The van der Waals surface area contributed by atoms with Crippen molar-refractivity contribution in [3.63, 3.8) is 0 Å². The molecule has 1 fully saturated rings. The predicted molar refractivity (Wildman–Crippen MR) is 150 cm³/mol. The number of esters is 1. The highest BCUT2D eigenvalue weighted by Crippen LogP contribution is 2.33. The molecule has 1 saturated carbocycles. The number of aromatic nitrogens is 5. The lowest BCUT2D eigenvalue weighted by Crippen LogP contribution is -2.43. The molecule has 9 heteroatoms. The van der Waals surface area contributed by atoms with Crippen LogP contribution in [0.2, 0.25) is 0 Å². The Labute approximate surface area is 228 Å². The number of ether oxygens (including phenoxy) is 1. The summed E-state index contributed by atoms with van der Waals surface area (Å²) in [6.45, 7) is 10.2. The zero-order valence-corrected chi connectivity index (χ0v) is 23.3. The van der Waals surface area contributed by atoms with Gasteiger partial charge in [-0.15, -0.1) is 5.10 Å². The van der Waals surface area contributed by atoms with Gasteiger partial charge in [-0.25, -0.2) is 19.0 Å². The average molecular weight is 529 g/mol. The van der Waals surface area contributed by atoms with Crippen LogP contribution in [0.3, 0.4) is 0 Å². The standard InChI is InChI=1S/C30H36N6O3/c1-6-39-30(38)25-18-35(33-28(25)36(19(2)3)29(37)22-10-8-20(4)9-11-22)23-12-13-24(21(5)16-23)26-17-27-31-14-7-15-34(27)32-26/h7,12-20,22H,6,8-11H2,1-5H3/t20-,22-. The zero-order chi connectivity index (χ0) is 27.7. The minimum absolute atomic E-state index is 0.0275. The summed E-state index contributed by atoms with van der Waals surface area (Å²) in [4.78, 5) is 32.9. The molecule has 4 aromatic rings. The summed E-state index contributed by atoms with van der Waals surface area (Å²) in [5.41, 5.74) is 4.64. The lowest BCUT2D eigenvalue weighted by molar-refractivity contribution is -0.124. The number of carbonyl (C=O) groups is 2. The van der Waals surface area contributed by atoms with E-state index in [4.69, 9.17) is 9.84 Å². The highest BCUT2D eigenvalue weighted by molar-refractivity contribution is 6.02. The van der Waals surface area contributed by atoms with Crippen molar-refractivity contribution < 1.29 is 14.3 Å². The number of fused-ring (bicyclic) bond motifs is 1. The van der Waals surface area contributed by atoms with Crippen molar-refractivity contribution in [1.82, 2.24) is 24.4 Å². The molecular formula is C30H36N6O3. The lowest BCUT2D eigenvalue weighted by Gasteiger charge is -2.32. The van der Waals surface area contributed by atoms with Crippen molar-refractivity contribution >= 4 is 23.3 Å². The molecule has 1 amide bonds. The normalized spacial score (nSPS) is 17.5. The van der Waals surface area contributed by atoms with Crippen LogP contribution in [0.4, 0.5) is 5.82 Å². The van der Waals surface area contributed by atoms with E-state index in [1.165, 1.54) is 0 Å². The second kappa shape index (κ2) is 11.0. The van der Waals surface area contributed by atoms with Crippen molar-refractivity contribution in [2.75, 3.05) is 11.5 Å². The third kappa shape index (κ3) is 5.30. The SMILES string of the molecule is CCOC(=O)c1cn(-c2ccc(-c3cc4ncccn4n3)c(C)c2)nc1N(C(=O)[C@H]1CC[C@H](C)CC1)C(C)C. The molecule has 5 rings (SSSR count). The molecule has 204 valence electrons. The average Bonchev–Trinajstić information content (AvgIpc) is 3.54. The van der Waals surface area contributed by atoms with Crippen molar-refractivity contribution in [3.8, 4) is 16.9 Å². The number of nitrogens with zero attached hydrogens (tertiary/aromatic N) is 6. The second-order valence-corrected chi connectivity index (χ2v) is 10.7. The number of aryl methyl sites for hydroxylation is 1. The highest BCUT2D eigenvalue weighted by Gasteiger charge is 2.34. The maximum atomic E-state index is 13.8. The van der Waals surface area contributed by atoms with E-state index in [0.717, 1.165) is 53.8 Å². The van der Waals surface area contributed by atoms with Crippen LogP contribution in [0.25, 0.3) is 22.6 Å². The quantitative estimate of drug-likeness (QED) is 0.288. The van der Waals surface area contributed by atoms with Gasteiger partial charge in [0.25, 0.3) is 0 Å². The van der Waals surface area contributed by atoms with E-state index in [0.29, 0.717) is 11.7 Å². The van der Waals surface area contributed by atoms with Crippen LogP contribution in [-0.4, -0.2) is 48.9 Å². The summed E-state index contributed by atoms with van der Waals surface area (Å²) in [5.74, 6) is 0.462. The Kier molecular flexibility index (Phi) is 7.50. The minimum atomic E-state index is -0.486. The van der Waals surface area contributed by atoms with E-state index in [1.54, 1.807) is 33.4 Å². The first-order valence-electron chi connectivity index (χ1n) is 13.8. The molecule has 0 unspecified atom stereocenters. The predicted octanol–water partition coefficient (Wildman–Crippen LogP) is 5.63. The smallest absolute Gasteiger partial charge is 0.343 e. The van der Waals surface area contributed by atoms with Gasteiger partial charge in [-0.3, -0.25) is 9.69 Å². The zero-order valence-electron chi connectivity index (χ0n) is 23.3. The monoisotopic (exact) mass is 528 g/mol. The Hall–Kier alpha value is -4.01. The van der Waals surface area contributed by atoms with E-state index in [1.807, 2.05) is 57.3 Å². The van der Waals surface area contributed by atoms with Gasteiger partial charge in [0, 0.05) is 42.2 Å². The fraction of sp³-hybridized carbons (Fsp3) is 0.433. The summed E-state index contributed by atoms with van der Waals surface area (Å²) in [6.07, 6.45) is 9.07. The maximum absolute atomic E-state index is 13.8. The molecule has 3 aromatic heterocycles. The van der Waals surface area contributed by atoms with Crippen molar-refractivity contribution in [2.45, 2.75) is 66.3 Å². The summed E-state index contributed by atoms with van der Waals surface area (Å²) >= 11 is 0. The Morgan fingerprint density at radius 2 is 1.90 bits per heavy atom. The van der Waals surface area contributed by atoms with Gasteiger partial charge < -0.3 is 4.74 Å². The fourth-order valence-electron chi connectivity index (χ4n) is 5.37. The van der Waals surface area contributed by atoms with E-state index < -0.39 is 5.97 Å². The molecule has 1 aromatic carbocycles. The van der Waals surface area contributed by atoms with Crippen LogP contribution in [0.15, 0.2) is 48.9 Å². The highest BCUT2D eigenvalue weighted by atomic mass is 16.5. The molecule has 1 aliphatic rings. The molecule has 39 heavy (non-hydrogen) atoms. The fourth-order valence-corrected chi connectivity index (χ4v) is 5.37. The molecule has 0 saturated heterocycles. The minimum Gasteiger partial charge on any atom is -0.462 e. The number of hydrogen-bond donors (Lipinski definition) is 0. The van der Waals surface area contributed by atoms with E-state index in [9.17, 15) is 9.59 Å². The molecule has 0 bridgehead atoms. The third-order valence-corrected chi connectivity index (χ3v) is 7.52. The van der Waals surface area contributed by atoms with Crippen LogP contribution in [0.5, 0.6) is 0 Å². The Morgan fingerprint density at radius 1 is 1.13 bits per heavy atom. The Morgan fingerprint density at radius 3 is 2.56 bits per heavy atom. The molecule has 3 heterocycles. The first kappa shape index (κ1) is 26.6. The molecule has 9 nitrogen and oxygen atoms in total. The third-order valence-electron chi connectivity index (χ3n) is 7.52. The summed E-state index contributed by atoms with van der Waals surface area (Å²) in [6, 6.07) is 9.56. The van der Waals surface area contributed by atoms with Gasteiger partial charge in [0.15, 0.2) is 11.5 Å². The van der Waals surface area contributed by atoms with Crippen molar-refractivity contribution in [2.24, 2.45) is 11.8 Å². The summed E-state index contributed by atoms with van der Waals surface area (Å²) in [5, 5.41) is 9.45. The first-order chi connectivity index (χ1) is 18.8. The van der Waals surface area contributed by atoms with Crippen LogP contribution in [0.1, 0.15) is 69.3 Å². The van der Waals surface area contributed by atoms with Gasteiger partial charge >= 0.3 is 5.97 Å². The van der Waals surface area contributed by atoms with E-state index in [2.05, 4.69) is 17.0 Å². The largest absolute Gasteiger partial charge is 0.462 e. The second-order valence-electron chi connectivity index (χ2n) is 10.7. The maximum Gasteiger partial charge on any atom is 0.343 e. The topological polar surface area (TPSA) is 94.6 Å². The van der Waals surface area contributed by atoms with Crippen LogP contribution in [0, 0.1) is 18.8 Å². The number of rotatable bonds is 7. The Bertz CT molecular complexity index is 1460. The Balaban J connectivity index is 1.52. The molecule has 0 radical (unpaired) electrons. The van der Waals surface area contributed by atoms with Crippen LogP contribution in [-0.2, 0) is 9.53 Å². The van der Waals surface area contributed by atoms with E-state index >= 15 is 0 Å². The summed E-state index contributed by atoms with van der Waals surface area (Å²) < 4.78 is 8.78. The molecular weight excluding hydrogens is 492 g/mol. The molecule has 1 aliphatic carbocycles. The number of benzene rings is 1. The van der Waals surface area contributed by atoms with Gasteiger partial charge in [-0.1, -0.05) is 13.0 Å². The molecule has 0 atom stereocenters. The van der Waals surface area contributed by atoms with Gasteiger partial charge in [0.1, 0.15) is 5.56 Å². The van der Waals surface area contributed by atoms with Gasteiger partial charge in [0.2, 0.25) is 5.91 Å². The number of carbonyl (C=O) groups excluding carboxylic acids is 2. The van der Waals surface area contributed by atoms with Crippen molar-refractivity contribution in [1.29, 1.82) is 0 Å². The van der Waals surface area contributed by atoms with Gasteiger partial charge in [0.05, 0.1) is 18.0 Å². The van der Waals surface area contributed by atoms with E-state index in [-0.39, 0.29) is 30.0 Å². The van der Waals surface area contributed by atoms with Gasteiger partial charge in [-0.2, -0.15) is 5.10 Å². The summed E-state index contributed by atoms with van der Waals surface area (Å²) in [7, 11) is 0. The number of anilines is 1. The molecule has 0 N–H and O–H groups in total. The van der Waals surface area contributed by atoms with Crippen LogP contribution >= 0.6 is 0 Å². The van der Waals surface area contributed by atoms with Crippen LogP contribution < -0.4 is 4.90 Å². The molecule has 0 aliphatic heterocycles. The van der Waals surface area contributed by atoms with Gasteiger partial charge in [-0.05, 0) is 83.1 Å². The first-order valence-corrected chi connectivity index (χ1v) is 13.8. The van der Waals surface area contributed by atoms with Crippen molar-refractivity contribution in [3.05, 3.63) is 60.0 Å². The number of hydrogen-bond acceptors (Lipinski definition) is 6.